The lowest BCUT2D eigenvalue weighted by atomic mass is 10.1. The van der Waals surface area contributed by atoms with Crippen LogP contribution in [0.1, 0.15) is 0 Å². The van der Waals surface area contributed by atoms with Gasteiger partial charge in [-0.15, -0.1) is 0 Å². The molecule has 0 amide bonds. The second-order valence-corrected chi connectivity index (χ2v) is 4.20. The van der Waals surface area contributed by atoms with Crippen molar-refractivity contribution in [3.05, 3.63) is 28.2 Å². The number of benzene rings is 1. The molecule has 1 aromatic carbocycles. The summed E-state index contributed by atoms with van der Waals surface area (Å²) in [4.78, 5) is 0. The summed E-state index contributed by atoms with van der Waals surface area (Å²) in [6.45, 7) is -1.10. The standard InChI is InChI=1S/C10H10Cl2F3NO/c11-7-1-2-9(8(12)3-7)17-5-6(4-16)10(13,14)15/h1-3,6H,4-5,16H2. The number of hydrogen-bond donors (Lipinski definition) is 1. The molecule has 1 unspecified atom stereocenters. The van der Waals surface area contributed by atoms with Gasteiger partial charge < -0.3 is 10.5 Å². The summed E-state index contributed by atoms with van der Waals surface area (Å²) < 4.78 is 42.1. The van der Waals surface area contributed by atoms with E-state index in [0.717, 1.165) is 0 Å². The third-order valence-electron chi connectivity index (χ3n) is 2.08. The Morgan fingerprint density at radius 3 is 2.41 bits per heavy atom. The van der Waals surface area contributed by atoms with E-state index in [-0.39, 0.29) is 10.8 Å². The highest BCUT2D eigenvalue weighted by atomic mass is 35.5. The van der Waals surface area contributed by atoms with Crippen molar-refractivity contribution in [2.75, 3.05) is 13.2 Å². The Hall–Kier alpha value is -0.650. The van der Waals surface area contributed by atoms with Crippen LogP contribution in [0.25, 0.3) is 0 Å². The van der Waals surface area contributed by atoms with Crippen molar-refractivity contribution in [3.8, 4) is 5.75 Å². The van der Waals surface area contributed by atoms with E-state index in [2.05, 4.69) is 0 Å². The smallest absolute Gasteiger partial charge is 0.396 e. The van der Waals surface area contributed by atoms with E-state index in [1.807, 2.05) is 0 Å². The van der Waals surface area contributed by atoms with Gasteiger partial charge in [-0.2, -0.15) is 13.2 Å². The lowest BCUT2D eigenvalue weighted by molar-refractivity contribution is -0.178. The molecule has 0 heterocycles. The topological polar surface area (TPSA) is 35.2 Å². The molecule has 0 aliphatic carbocycles. The first kappa shape index (κ1) is 14.4. The summed E-state index contributed by atoms with van der Waals surface area (Å²) in [5.74, 6) is -1.56. The molecule has 96 valence electrons. The van der Waals surface area contributed by atoms with Crippen molar-refractivity contribution in [1.82, 2.24) is 0 Å². The predicted octanol–water partition coefficient (Wildman–Crippen LogP) is 3.51. The highest BCUT2D eigenvalue weighted by molar-refractivity contribution is 6.35. The SMILES string of the molecule is NCC(COc1ccc(Cl)cc1Cl)C(F)(F)F. The minimum atomic E-state index is -4.38. The lowest BCUT2D eigenvalue weighted by Crippen LogP contribution is -2.35. The van der Waals surface area contributed by atoms with Crippen molar-refractivity contribution in [2.45, 2.75) is 6.18 Å². The minimum absolute atomic E-state index is 0.152. The summed E-state index contributed by atoms with van der Waals surface area (Å²) in [5, 5.41) is 0.545. The zero-order valence-electron chi connectivity index (χ0n) is 8.60. The summed E-state index contributed by atoms with van der Waals surface area (Å²) in [6.07, 6.45) is -4.38. The van der Waals surface area contributed by atoms with Gasteiger partial charge in [0, 0.05) is 11.6 Å². The summed E-state index contributed by atoms with van der Waals surface area (Å²) >= 11 is 11.4. The Morgan fingerprint density at radius 1 is 1.29 bits per heavy atom. The number of nitrogens with two attached hydrogens (primary N) is 1. The normalized spacial score (nSPS) is 13.5. The van der Waals surface area contributed by atoms with E-state index < -0.39 is 25.2 Å². The molecule has 0 saturated carbocycles. The van der Waals surface area contributed by atoms with Crippen molar-refractivity contribution in [3.63, 3.8) is 0 Å². The average Bonchev–Trinajstić information content (AvgIpc) is 2.19. The van der Waals surface area contributed by atoms with Gasteiger partial charge in [0.1, 0.15) is 18.3 Å². The van der Waals surface area contributed by atoms with E-state index in [1.54, 1.807) is 0 Å². The fourth-order valence-electron chi connectivity index (χ4n) is 1.08. The zero-order chi connectivity index (χ0) is 13.1. The fourth-order valence-corrected chi connectivity index (χ4v) is 1.54. The lowest BCUT2D eigenvalue weighted by Gasteiger charge is -2.19. The van der Waals surface area contributed by atoms with Gasteiger partial charge in [0.15, 0.2) is 0 Å². The summed E-state index contributed by atoms with van der Waals surface area (Å²) in [5.41, 5.74) is 5.03. The monoisotopic (exact) mass is 287 g/mol. The molecule has 0 fully saturated rings. The molecule has 0 radical (unpaired) electrons. The first-order valence-corrected chi connectivity index (χ1v) is 5.45. The summed E-state index contributed by atoms with van der Waals surface area (Å²) in [6, 6.07) is 4.28. The maximum atomic E-state index is 12.4. The van der Waals surface area contributed by atoms with Crippen LogP contribution in [-0.4, -0.2) is 19.3 Å². The highest BCUT2D eigenvalue weighted by Gasteiger charge is 2.39. The van der Waals surface area contributed by atoms with E-state index in [1.165, 1.54) is 18.2 Å². The van der Waals surface area contributed by atoms with Gasteiger partial charge in [-0.25, -0.2) is 0 Å². The van der Waals surface area contributed by atoms with E-state index in [0.29, 0.717) is 5.02 Å². The van der Waals surface area contributed by atoms with Crippen LogP contribution in [0.15, 0.2) is 18.2 Å². The van der Waals surface area contributed by atoms with Gasteiger partial charge in [0.05, 0.1) is 5.02 Å². The third-order valence-corrected chi connectivity index (χ3v) is 2.61. The third kappa shape index (κ3) is 4.26. The van der Waals surface area contributed by atoms with Crippen molar-refractivity contribution in [2.24, 2.45) is 11.7 Å². The molecule has 0 saturated heterocycles. The molecule has 2 nitrogen and oxygen atoms in total. The first-order valence-electron chi connectivity index (χ1n) is 4.69. The average molecular weight is 288 g/mol. The molecule has 0 aliphatic heterocycles. The van der Waals surface area contributed by atoms with Crippen molar-refractivity contribution in [1.29, 1.82) is 0 Å². The number of rotatable bonds is 4. The van der Waals surface area contributed by atoms with Crippen LogP contribution >= 0.6 is 23.2 Å². The van der Waals surface area contributed by atoms with E-state index >= 15 is 0 Å². The molecular weight excluding hydrogens is 278 g/mol. The molecule has 1 atom stereocenters. The zero-order valence-corrected chi connectivity index (χ0v) is 10.1. The Bertz CT molecular complexity index is 384. The molecule has 0 bridgehead atoms. The van der Waals surface area contributed by atoms with Crippen molar-refractivity contribution < 1.29 is 17.9 Å². The van der Waals surface area contributed by atoms with Gasteiger partial charge in [-0.1, -0.05) is 23.2 Å². The molecule has 17 heavy (non-hydrogen) atoms. The van der Waals surface area contributed by atoms with Gasteiger partial charge >= 0.3 is 6.18 Å². The number of ether oxygens (including phenoxy) is 1. The Labute approximate surface area is 106 Å². The molecule has 0 spiro atoms. The molecule has 1 aromatic rings. The van der Waals surface area contributed by atoms with E-state index in [9.17, 15) is 13.2 Å². The largest absolute Gasteiger partial charge is 0.491 e. The Kier molecular flexibility index (Phi) is 4.91. The molecular formula is C10H10Cl2F3NO. The minimum Gasteiger partial charge on any atom is -0.491 e. The van der Waals surface area contributed by atoms with E-state index in [4.69, 9.17) is 33.7 Å². The number of hydrogen-bond acceptors (Lipinski definition) is 2. The van der Waals surface area contributed by atoms with Gasteiger partial charge in [-0.3, -0.25) is 0 Å². The van der Waals surface area contributed by atoms with Crippen LogP contribution in [0, 0.1) is 5.92 Å². The Morgan fingerprint density at radius 2 is 1.94 bits per heavy atom. The summed E-state index contributed by atoms with van der Waals surface area (Å²) in [7, 11) is 0. The van der Waals surface area contributed by atoms with Crippen LogP contribution in [-0.2, 0) is 0 Å². The van der Waals surface area contributed by atoms with Crippen LogP contribution in [0.4, 0.5) is 13.2 Å². The van der Waals surface area contributed by atoms with Gasteiger partial charge in [0.25, 0.3) is 0 Å². The Balaban J connectivity index is 2.66. The molecule has 0 aromatic heterocycles. The molecule has 7 heteroatoms. The highest BCUT2D eigenvalue weighted by Crippen LogP contribution is 2.30. The second kappa shape index (κ2) is 5.80. The fraction of sp³-hybridized carbons (Fsp3) is 0.400. The first-order chi connectivity index (χ1) is 7.84. The van der Waals surface area contributed by atoms with Gasteiger partial charge in [-0.05, 0) is 18.2 Å². The van der Waals surface area contributed by atoms with Crippen molar-refractivity contribution >= 4 is 23.2 Å². The number of halogens is 5. The van der Waals surface area contributed by atoms with Crippen LogP contribution in [0.3, 0.4) is 0 Å². The molecule has 1 rings (SSSR count). The second-order valence-electron chi connectivity index (χ2n) is 3.36. The van der Waals surface area contributed by atoms with Gasteiger partial charge in [0.2, 0.25) is 0 Å². The molecule has 0 aliphatic rings. The molecule has 2 N–H and O–H groups in total. The maximum Gasteiger partial charge on any atom is 0.396 e. The number of alkyl halides is 3. The maximum absolute atomic E-state index is 12.4. The van der Waals surface area contributed by atoms with Crippen LogP contribution in [0.5, 0.6) is 5.75 Å². The van der Waals surface area contributed by atoms with Crippen LogP contribution < -0.4 is 10.5 Å². The predicted molar refractivity (Wildman–Crippen MR) is 60.6 cm³/mol. The quantitative estimate of drug-likeness (QED) is 0.920. The van der Waals surface area contributed by atoms with Crippen LogP contribution in [0.2, 0.25) is 10.0 Å².